The van der Waals surface area contributed by atoms with Crippen molar-refractivity contribution in [1.82, 2.24) is 24.6 Å². The lowest BCUT2D eigenvalue weighted by atomic mass is 10.0. The average molecular weight is 537 g/mol. The second-order valence-electron chi connectivity index (χ2n) is 7.87. The molecule has 3 aromatic rings. The van der Waals surface area contributed by atoms with Crippen LogP contribution in [0.1, 0.15) is 28.4 Å². The Morgan fingerprint density at radius 2 is 1.84 bits per heavy atom. The molecule has 0 radical (unpaired) electrons. The van der Waals surface area contributed by atoms with Crippen LogP contribution in [0, 0.1) is 0 Å². The van der Waals surface area contributed by atoms with Crippen molar-refractivity contribution in [1.29, 1.82) is 0 Å². The predicted molar refractivity (Wildman–Crippen MR) is 126 cm³/mol. The van der Waals surface area contributed by atoms with E-state index in [0.717, 1.165) is 5.56 Å². The summed E-state index contributed by atoms with van der Waals surface area (Å²) in [6.07, 6.45) is 2.08. The number of benzene rings is 1. The molecule has 0 saturated heterocycles. The number of halogens is 3. The summed E-state index contributed by atoms with van der Waals surface area (Å²) in [5.74, 6) is -0.331. The highest BCUT2D eigenvalue weighted by molar-refractivity contribution is 9.10. The van der Waals surface area contributed by atoms with Crippen molar-refractivity contribution in [3.8, 4) is 5.82 Å². The molecule has 1 aliphatic rings. The number of nitrogens with zero attached hydrogens (tertiary/aromatic N) is 5. The number of pyridine rings is 1. The summed E-state index contributed by atoms with van der Waals surface area (Å²) in [6.45, 7) is 0. The molecule has 166 valence electrons. The van der Waals surface area contributed by atoms with Crippen LogP contribution in [-0.2, 0) is 4.79 Å². The summed E-state index contributed by atoms with van der Waals surface area (Å²) < 4.78 is 1.84. The maximum atomic E-state index is 13.7. The SMILES string of the molecule is CN(C)C(=O)C1(N(C)C(=O)c2cc(Br)nn2-c2ncccc2Cl)CC1c1ccc(Cl)cc1. The van der Waals surface area contributed by atoms with Crippen LogP contribution in [0.3, 0.4) is 0 Å². The molecular formula is C22H20BrCl2N5O2. The van der Waals surface area contributed by atoms with Crippen LogP contribution in [-0.4, -0.2) is 63.1 Å². The van der Waals surface area contributed by atoms with E-state index in [0.29, 0.717) is 26.9 Å². The molecule has 2 atom stereocenters. The molecule has 4 rings (SSSR count). The van der Waals surface area contributed by atoms with Gasteiger partial charge in [-0.05, 0) is 52.2 Å². The zero-order chi connectivity index (χ0) is 23.2. The summed E-state index contributed by atoms with van der Waals surface area (Å²) in [4.78, 5) is 34.3. The van der Waals surface area contributed by atoms with Crippen LogP contribution in [0.2, 0.25) is 10.0 Å². The lowest BCUT2D eigenvalue weighted by Gasteiger charge is -2.31. The fourth-order valence-corrected chi connectivity index (χ4v) is 4.73. The highest BCUT2D eigenvalue weighted by Gasteiger charge is 2.65. The summed E-state index contributed by atoms with van der Waals surface area (Å²) in [5.41, 5.74) is 0.184. The van der Waals surface area contributed by atoms with E-state index in [9.17, 15) is 9.59 Å². The third-order valence-corrected chi connectivity index (χ3v) is 6.66. The van der Waals surface area contributed by atoms with Crippen LogP contribution in [0.25, 0.3) is 5.82 Å². The Hall–Kier alpha value is -2.42. The van der Waals surface area contributed by atoms with E-state index in [1.54, 1.807) is 57.7 Å². The van der Waals surface area contributed by atoms with E-state index >= 15 is 0 Å². The summed E-state index contributed by atoms with van der Waals surface area (Å²) >= 11 is 15.7. The lowest BCUT2D eigenvalue weighted by molar-refractivity contribution is -0.134. The zero-order valence-electron chi connectivity index (χ0n) is 17.6. The molecule has 2 unspecified atom stereocenters. The van der Waals surface area contributed by atoms with Gasteiger partial charge in [0.1, 0.15) is 15.8 Å². The van der Waals surface area contributed by atoms with E-state index in [1.165, 1.54) is 14.5 Å². The molecule has 1 saturated carbocycles. The quantitative estimate of drug-likeness (QED) is 0.484. The summed E-state index contributed by atoms with van der Waals surface area (Å²) in [5, 5.41) is 5.31. The highest BCUT2D eigenvalue weighted by Crippen LogP contribution is 2.56. The van der Waals surface area contributed by atoms with Crippen LogP contribution < -0.4 is 0 Å². The molecule has 0 N–H and O–H groups in total. The lowest BCUT2D eigenvalue weighted by Crippen LogP contribution is -2.51. The molecule has 0 bridgehead atoms. The van der Waals surface area contributed by atoms with Gasteiger partial charge in [0.25, 0.3) is 5.91 Å². The third kappa shape index (κ3) is 3.80. The van der Waals surface area contributed by atoms with Crippen molar-refractivity contribution in [2.24, 2.45) is 0 Å². The van der Waals surface area contributed by atoms with Crippen molar-refractivity contribution in [3.05, 3.63) is 74.6 Å². The minimum Gasteiger partial charge on any atom is -0.347 e. The predicted octanol–water partition coefficient (Wildman–Crippen LogP) is 4.42. The fourth-order valence-electron chi connectivity index (χ4n) is 4.03. The minimum absolute atomic E-state index is 0.144. The van der Waals surface area contributed by atoms with E-state index in [1.807, 2.05) is 12.1 Å². The van der Waals surface area contributed by atoms with Gasteiger partial charge in [-0.3, -0.25) is 9.59 Å². The van der Waals surface area contributed by atoms with Gasteiger partial charge in [0.2, 0.25) is 5.91 Å². The van der Waals surface area contributed by atoms with Crippen molar-refractivity contribution in [2.75, 3.05) is 21.1 Å². The van der Waals surface area contributed by atoms with Crippen molar-refractivity contribution in [2.45, 2.75) is 17.9 Å². The number of hydrogen-bond donors (Lipinski definition) is 0. The van der Waals surface area contributed by atoms with Crippen LogP contribution >= 0.6 is 39.1 Å². The smallest absolute Gasteiger partial charge is 0.273 e. The van der Waals surface area contributed by atoms with E-state index < -0.39 is 5.54 Å². The first kappa shape index (κ1) is 22.8. The van der Waals surface area contributed by atoms with Gasteiger partial charge in [0.15, 0.2) is 5.82 Å². The maximum absolute atomic E-state index is 13.7. The molecule has 7 nitrogen and oxygen atoms in total. The number of hydrogen-bond acceptors (Lipinski definition) is 4. The van der Waals surface area contributed by atoms with Gasteiger partial charge in [-0.15, -0.1) is 0 Å². The number of carbonyl (C=O) groups is 2. The van der Waals surface area contributed by atoms with Crippen LogP contribution in [0.5, 0.6) is 0 Å². The standard InChI is InChI=1S/C22H20BrCl2N5O2/c1-28(2)21(32)22(12-15(22)13-6-8-14(24)9-7-13)29(3)20(31)17-11-18(23)27-30(17)19-16(25)5-4-10-26-19/h4-11,15H,12H2,1-3H3. The Morgan fingerprint density at radius 1 is 1.16 bits per heavy atom. The topological polar surface area (TPSA) is 71.3 Å². The third-order valence-electron chi connectivity index (χ3n) is 5.72. The molecule has 2 heterocycles. The summed E-state index contributed by atoms with van der Waals surface area (Å²) in [6, 6.07) is 12.3. The number of likely N-dealkylation sites (N-methyl/N-ethyl adjacent to an activating group) is 2. The Labute approximate surface area is 204 Å². The minimum atomic E-state index is -1.01. The first-order valence-corrected chi connectivity index (χ1v) is 11.3. The molecule has 0 spiro atoms. The molecular weight excluding hydrogens is 517 g/mol. The van der Waals surface area contributed by atoms with Gasteiger partial charge in [-0.25, -0.2) is 9.67 Å². The number of amides is 2. The monoisotopic (exact) mass is 535 g/mol. The zero-order valence-corrected chi connectivity index (χ0v) is 20.7. The second kappa shape index (κ2) is 8.50. The van der Waals surface area contributed by atoms with Gasteiger partial charge in [-0.2, -0.15) is 5.10 Å². The largest absolute Gasteiger partial charge is 0.347 e. The van der Waals surface area contributed by atoms with Gasteiger partial charge in [-0.1, -0.05) is 35.3 Å². The Balaban J connectivity index is 1.74. The molecule has 1 aliphatic carbocycles. The van der Waals surface area contributed by atoms with E-state index in [2.05, 4.69) is 26.0 Å². The normalized spacial score (nSPS) is 19.5. The first-order chi connectivity index (χ1) is 15.2. The molecule has 2 amide bonds. The molecule has 2 aromatic heterocycles. The molecule has 32 heavy (non-hydrogen) atoms. The fraction of sp³-hybridized carbons (Fsp3) is 0.273. The van der Waals surface area contributed by atoms with Gasteiger partial charge in [0.05, 0.1) is 5.02 Å². The maximum Gasteiger partial charge on any atom is 0.273 e. The van der Waals surface area contributed by atoms with Crippen molar-refractivity contribution < 1.29 is 9.59 Å². The van der Waals surface area contributed by atoms with Gasteiger partial charge in [0, 0.05) is 44.3 Å². The molecule has 0 aliphatic heterocycles. The Kier molecular flexibility index (Phi) is 6.04. The number of rotatable bonds is 5. The molecule has 1 fully saturated rings. The summed E-state index contributed by atoms with van der Waals surface area (Å²) in [7, 11) is 5.02. The van der Waals surface area contributed by atoms with E-state index in [-0.39, 0.29) is 23.4 Å². The van der Waals surface area contributed by atoms with Crippen molar-refractivity contribution in [3.63, 3.8) is 0 Å². The van der Waals surface area contributed by atoms with E-state index in [4.69, 9.17) is 23.2 Å². The van der Waals surface area contributed by atoms with Crippen LogP contribution in [0.15, 0.2) is 53.3 Å². The molecule has 1 aromatic carbocycles. The first-order valence-electron chi connectivity index (χ1n) is 9.78. The average Bonchev–Trinajstić information content (AvgIpc) is 3.41. The van der Waals surface area contributed by atoms with Crippen LogP contribution in [0.4, 0.5) is 0 Å². The Morgan fingerprint density at radius 3 is 2.47 bits per heavy atom. The second-order valence-corrected chi connectivity index (χ2v) is 9.53. The van der Waals surface area contributed by atoms with Gasteiger partial charge < -0.3 is 9.80 Å². The number of aromatic nitrogens is 3. The highest BCUT2D eigenvalue weighted by atomic mass is 79.9. The Bertz CT molecular complexity index is 1200. The van der Waals surface area contributed by atoms with Crippen molar-refractivity contribution >= 4 is 50.9 Å². The molecule has 10 heteroatoms. The van der Waals surface area contributed by atoms with Gasteiger partial charge >= 0.3 is 0 Å². The number of carbonyl (C=O) groups excluding carboxylic acids is 2.